The molecule has 0 saturated carbocycles. The molecule has 2 nitrogen and oxygen atoms in total. The zero-order valence-corrected chi connectivity index (χ0v) is 29.7. The summed E-state index contributed by atoms with van der Waals surface area (Å²) in [7, 11) is -2.76. The number of fused-ring (bicyclic) bond motifs is 4. The van der Waals surface area contributed by atoms with Gasteiger partial charge in [0.1, 0.15) is 0 Å². The van der Waals surface area contributed by atoms with Gasteiger partial charge in [0.05, 0.1) is 0 Å². The Morgan fingerprint density at radius 1 is 0.649 bits per heavy atom. The van der Waals surface area contributed by atoms with E-state index in [1.54, 1.807) is 17.7 Å². The van der Waals surface area contributed by atoms with Gasteiger partial charge in [-0.2, -0.15) is 0 Å². The Labute approximate surface area is 251 Å². The molecule has 0 aromatic heterocycles. The summed E-state index contributed by atoms with van der Waals surface area (Å²) < 4.78 is 17.5. The maximum atomic E-state index is 7.09. The third kappa shape index (κ3) is 5.94. The van der Waals surface area contributed by atoms with Crippen LogP contribution in [0.1, 0.15) is 88.8 Å². The Balaban J connectivity index is 0.00000190. The fraction of sp³-hybridized carbons (Fsp3) is 0.467. The number of allylic oxidation sites excluding steroid dienone is 2. The molecule has 4 atom stereocenters. The van der Waals surface area contributed by atoms with Crippen LogP contribution in [-0.4, -0.2) is 18.1 Å². The van der Waals surface area contributed by atoms with Crippen LogP contribution in [0.2, 0.25) is 23.2 Å². The van der Waals surface area contributed by atoms with Crippen molar-refractivity contribution >= 4 is 29.2 Å². The zero-order chi connectivity index (χ0) is 25.1. The molecule has 0 spiro atoms. The standard InChI is InChI=1S/C30H40O2Si2.2ClH.Zr/c1-29(2,3)33(7)31-27-19-21(23-13-9-11-15-25(23)27)17-18-22-20-28(32-34(8)30(4,5)6)26-16-12-10-14-24(22)26;;;/h9-16,27-28,33-34H,17-18H2,1-8H3;2*1H;/q;;;+2/p-2. The zero-order valence-electron chi connectivity index (χ0n) is 23.4. The largest absolute Gasteiger partial charge is 1.00 e. The normalized spacial score (nSPS) is 21.7. The molecular formula is C30H40Cl2O2Si2Zr. The van der Waals surface area contributed by atoms with Crippen LogP contribution < -0.4 is 24.8 Å². The van der Waals surface area contributed by atoms with Crippen LogP contribution in [-0.2, 0) is 32.1 Å². The first-order chi connectivity index (χ1) is 16.5. The van der Waals surface area contributed by atoms with E-state index in [9.17, 15) is 0 Å². The minimum atomic E-state index is -1.38. The van der Waals surface area contributed by atoms with Gasteiger partial charge in [0, 0.05) is 0 Å². The minimum Gasteiger partial charge on any atom is -1.00 e. The van der Waals surface area contributed by atoms with E-state index in [1.165, 1.54) is 22.3 Å². The number of hydrogen-bond acceptors (Lipinski definition) is 2. The van der Waals surface area contributed by atoms with Crippen LogP contribution in [0.25, 0.3) is 11.1 Å². The summed E-state index contributed by atoms with van der Waals surface area (Å²) in [6.07, 6.45) is 2.60. The molecule has 2 aromatic rings. The van der Waals surface area contributed by atoms with Gasteiger partial charge in [-0.1, -0.05) is 0 Å². The number of rotatable bonds is 4. The molecule has 5 rings (SSSR count). The molecule has 3 aliphatic rings. The monoisotopic (exact) mass is 648 g/mol. The molecular weight excluding hydrogens is 611 g/mol. The van der Waals surface area contributed by atoms with Gasteiger partial charge in [-0.3, -0.25) is 0 Å². The molecule has 4 unspecified atom stereocenters. The van der Waals surface area contributed by atoms with E-state index in [2.05, 4.69) is 103 Å². The van der Waals surface area contributed by atoms with Gasteiger partial charge in [-0.05, 0) is 0 Å². The molecule has 198 valence electrons. The Hall–Kier alpha value is -0.263. The smallest absolute Gasteiger partial charge is 1.00 e. The summed E-state index contributed by atoms with van der Waals surface area (Å²) in [6.45, 7) is 18.9. The summed E-state index contributed by atoms with van der Waals surface area (Å²) >= 11 is -1.09. The second-order valence-corrected chi connectivity index (χ2v) is 22.5. The summed E-state index contributed by atoms with van der Waals surface area (Å²) in [5, 5.41) is 0.503. The van der Waals surface area contributed by atoms with Gasteiger partial charge in [-0.25, -0.2) is 0 Å². The maximum absolute atomic E-state index is 7.09. The molecule has 0 bridgehead atoms. The fourth-order valence-corrected chi connectivity index (χ4v) is 12.6. The predicted molar refractivity (Wildman–Crippen MR) is 149 cm³/mol. The second kappa shape index (κ2) is 11.7. The Bertz CT molecular complexity index is 1120. The molecule has 0 N–H and O–H groups in total. The molecule has 0 amide bonds. The third-order valence-corrected chi connectivity index (χ3v) is 18.7. The van der Waals surface area contributed by atoms with Crippen molar-refractivity contribution in [2.24, 2.45) is 0 Å². The summed E-state index contributed by atoms with van der Waals surface area (Å²) in [5.74, 6) is 0. The molecule has 1 aliphatic heterocycles. The molecule has 0 saturated heterocycles. The quantitative estimate of drug-likeness (QED) is 0.473. The van der Waals surface area contributed by atoms with Crippen molar-refractivity contribution in [3.05, 3.63) is 77.3 Å². The molecule has 2 aliphatic carbocycles. The van der Waals surface area contributed by atoms with Crippen LogP contribution in [0, 0.1) is 0 Å². The van der Waals surface area contributed by atoms with E-state index in [0.29, 0.717) is 0 Å². The molecule has 0 radical (unpaired) electrons. The van der Waals surface area contributed by atoms with Crippen molar-refractivity contribution in [1.82, 2.24) is 0 Å². The van der Waals surface area contributed by atoms with E-state index >= 15 is 0 Å². The van der Waals surface area contributed by atoms with Crippen molar-refractivity contribution < 1.29 is 56.9 Å². The van der Waals surface area contributed by atoms with Crippen molar-refractivity contribution in [2.75, 3.05) is 0 Å². The van der Waals surface area contributed by atoms with Crippen LogP contribution in [0.15, 0.2) is 55.1 Å². The predicted octanol–water partition coefficient (Wildman–Crippen LogP) is 2.14. The fourth-order valence-electron chi connectivity index (χ4n) is 5.23. The molecule has 7 heteroatoms. The molecule has 37 heavy (non-hydrogen) atoms. The number of benzene rings is 2. The van der Waals surface area contributed by atoms with Gasteiger partial charge in [0.25, 0.3) is 0 Å². The molecule has 2 aromatic carbocycles. The van der Waals surface area contributed by atoms with E-state index in [1.807, 2.05) is 0 Å². The number of halogens is 2. The summed E-state index contributed by atoms with van der Waals surface area (Å²) in [4.78, 5) is 0. The van der Waals surface area contributed by atoms with Crippen molar-refractivity contribution in [3.63, 3.8) is 0 Å². The van der Waals surface area contributed by atoms with Crippen molar-refractivity contribution in [1.29, 1.82) is 0 Å². The first kappa shape index (κ1) is 31.3. The van der Waals surface area contributed by atoms with E-state index in [0.717, 1.165) is 12.8 Å². The van der Waals surface area contributed by atoms with E-state index in [4.69, 9.17) is 8.85 Å². The van der Waals surface area contributed by atoms with Gasteiger partial charge in [0.15, 0.2) is 0 Å². The third-order valence-electron chi connectivity index (χ3n) is 8.33. The Morgan fingerprint density at radius 3 is 1.35 bits per heavy atom. The van der Waals surface area contributed by atoms with Crippen LogP contribution >= 0.6 is 0 Å². The summed E-state index contributed by atoms with van der Waals surface area (Å²) in [6, 6.07) is 18.2. The SMILES string of the molecule is C[SiH](OC1[C]2=C(CCC3=[C]([Zr+2]2)C(O[SiH](C)C(C)(C)C)c2ccccc23)c2ccccc21)C(C)(C)C.[Cl-].[Cl-]. The Kier molecular flexibility index (Phi) is 9.88. The van der Waals surface area contributed by atoms with Gasteiger partial charge in [0.2, 0.25) is 0 Å². The van der Waals surface area contributed by atoms with Crippen LogP contribution in [0.5, 0.6) is 0 Å². The van der Waals surface area contributed by atoms with Gasteiger partial charge < -0.3 is 24.8 Å². The number of hydrogen-bond donors (Lipinski definition) is 0. The van der Waals surface area contributed by atoms with E-state index < -0.39 is 41.3 Å². The average Bonchev–Trinajstić information content (AvgIpc) is 3.14. The Morgan fingerprint density at radius 2 is 1.00 bits per heavy atom. The first-order valence-electron chi connectivity index (χ1n) is 13.2. The van der Waals surface area contributed by atoms with Crippen LogP contribution in [0.4, 0.5) is 0 Å². The van der Waals surface area contributed by atoms with Crippen molar-refractivity contribution in [3.8, 4) is 0 Å². The first-order valence-corrected chi connectivity index (χ1v) is 20.1. The minimum absolute atomic E-state index is 0. The molecule has 1 heterocycles. The molecule has 0 fully saturated rings. The van der Waals surface area contributed by atoms with Gasteiger partial charge in [-0.15, -0.1) is 0 Å². The second-order valence-electron chi connectivity index (χ2n) is 12.6. The van der Waals surface area contributed by atoms with Gasteiger partial charge >= 0.3 is 228 Å². The van der Waals surface area contributed by atoms with Crippen LogP contribution in [0.3, 0.4) is 0 Å². The summed E-state index contributed by atoms with van der Waals surface area (Å²) in [5.41, 5.74) is 9.01. The van der Waals surface area contributed by atoms with Crippen molar-refractivity contribution in [2.45, 2.75) is 89.8 Å². The maximum Gasteiger partial charge on any atom is -1.00 e. The average molecular weight is 651 g/mol. The topological polar surface area (TPSA) is 18.5 Å². The van der Waals surface area contributed by atoms with E-state index in [-0.39, 0.29) is 47.1 Å².